The second-order valence-corrected chi connectivity index (χ2v) is 7.36. The van der Waals surface area contributed by atoms with E-state index >= 15 is 0 Å². The molecule has 0 aliphatic rings. The number of aromatic nitrogens is 2. The molecule has 0 atom stereocenters. The summed E-state index contributed by atoms with van der Waals surface area (Å²) in [7, 11) is 0. The van der Waals surface area contributed by atoms with Gasteiger partial charge in [0.2, 0.25) is 11.8 Å². The molecule has 0 spiro atoms. The summed E-state index contributed by atoms with van der Waals surface area (Å²) in [4.78, 5) is 22.1. The normalized spacial score (nSPS) is 10.9. The molecule has 0 saturated heterocycles. The summed E-state index contributed by atoms with van der Waals surface area (Å²) in [6, 6.07) is 11.8. The summed E-state index contributed by atoms with van der Waals surface area (Å²) >= 11 is 1.52. The molecule has 0 aliphatic carbocycles. The second kappa shape index (κ2) is 7.82. The number of nitrogens with one attached hydrogen (secondary N) is 1. The molecular weight excluding hydrogens is 374 g/mol. The predicted molar refractivity (Wildman–Crippen MR) is 107 cm³/mol. The average Bonchev–Trinajstić information content (AvgIpc) is 3.43. The van der Waals surface area contributed by atoms with Gasteiger partial charge in [0.15, 0.2) is 5.69 Å². The van der Waals surface area contributed by atoms with Crippen molar-refractivity contribution >= 4 is 17.2 Å². The van der Waals surface area contributed by atoms with Crippen LogP contribution >= 0.6 is 11.3 Å². The predicted octanol–water partition coefficient (Wildman–Crippen LogP) is 4.65. The van der Waals surface area contributed by atoms with E-state index in [1.54, 1.807) is 13.2 Å². The first-order chi connectivity index (χ1) is 13.6. The van der Waals surface area contributed by atoms with E-state index in [4.69, 9.17) is 8.83 Å². The Morgan fingerprint density at radius 3 is 2.68 bits per heavy atom. The van der Waals surface area contributed by atoms with Gasteiger partial charge in [-0.2, -0.15) is 0 Å². The van der Waals surface area contributed by atoms with Crippen molar-refractivity contribution in [3.63, 3.8) is 0 Å². The highest BCUT2D eigenvalue weighted by Crippen LogP contribution is 2.26. The van der Waals surface area contributed by atoms with E-state index in [2.05, 4.69) is 15.3 Å². The number of rotatable bonds is 6. The smallest absolute Gasteiger partial charge is 0.273 e. The third-order valence-electron chi connectivity index (χ3n) is 4.26. The maximum atomic E-state index is 12.4. The van der Waals surface area contributed by atoms with Crippen LogP contribution < -0.4 is 5.32 Å². The maximum Gasteiger partial charge on any atom is 0.273 e. The van der Waals surface area contributed by atoms with Crippen molar-refractivity contribution in [1.82, 2.24) is 15.3 Å². The fourth-order valence-corrected chi connectivity index (χ4v) is 3.40. The fraction of sp³-hybridized carbons (Fsp3) is 0.190. The van der Waals surface area contributed by atoms with E-state index in [-0.39, 0.29) is 5.91 Å². The molecule has 0 fully saturated rings. The van der Waals surface area contributed by atoms with Crippen LogP contribution in [-0.4, -0.2) is 22.4 Å². The Labute approximate surface area is 166 Å². The number of benzene rings is 1. The number of carbonyl (C=O) groups is 1. The van der Waals surface area contributed by atoms with Crippen molar-refractivity contribution in [2.75, 3.05) is 6.54 Å². The lowest BCUT2D eigenvalue weighted by Gasteiger charge is -2.01. The highest BCUT2D eigenvalue weighted by molar-refractivity contribution is 7.13. The van der Waals surface area contributed by atoms with Crippen LogP contribution in [0.1, 0.15) is 27.5 Å². The molecule has 3 aromatic heterocycles. The summed E-state index contributed by atoms with van der Waals surface area (Å²) in [6.45, 7) is 4.21. The Bertz CT molecular complexity index is 1080. The largest absolute Gasteiger partial charge is 0.444 e. The highest BCUT2D eigenvalue weighted by atomic mass is 32.1. The molecule has 1 amide bonds. The SMILES string of the molecule is Cc1ccc(-c2nc(CCNC(=O)c3nc(-c4cccs4)oc3C)co2)cc1. The van der Waals surface area contributed by atoms with E-state index < -0.39 is 0 Å². The van der Waals surface area contributed by atoms with Crippen molar-refractivity contribution in [3.8, 4) is 22.2 Å². The van der Waals surface area contributed by atoms with Gasteiger partial charge in [-0.05, 0) is 37.4 Å². The van der Waals surface area contributed by atoms with E-state index in [0.29, 0.717) is 36.2 Å². The summed E-state index contributed by atoms with van der Waals surface area (Å²) in [5.74, 6) is 1.29. The van der Waals surface area contributed by atoms with Gasteiger partial charge in [-0.15, -0.1) is 11.3 Å². The van der Waals surface area contributed by atoms with E-state index in [9.17, 15) is 4.79 Å². The van der Waals surface area contributed by atoms with Gasteiger partial charge in [0.05, 0.1) is 10.6 Å². The van der Waals surface area contributed by atoms with Crippen LogP contribution in [-0.2, 0) is 6.42 Å². The molecule has 7 heteroatoms. The first-order valence-electron chi connectivity index (χ1n) is 8.91. The number of carbonyl (C=O) groups excluding carboxylic acids is 1. The second-order valence-electron chi connectivity index (χ2n) is 6.42. The number of oxazole rings is 2. The highest BCUT2D eigenvalue weighted by Gasteiger charge is 2.18. The molecule has 6 nitrogen and oxygen atoms in total. The number of thiophene rings is 1. The standard InChI is InChI=1S/C21H19N3O3S/c1-13-5-7-15(8-6-13)20-23-16(12-26-20)9-10-22-19(25)18-14(2)27-21(24-18)17-4-3-11-28-17/h3-8,11-12H,9-10H2,1-2H3,(H,22,25). The number of hydrogen-bond donors (Lipinski definition) is 1. The zero-order valence-electron chi connectivity index (χ0n) is 15.6. The van der Waals surface area contributed by atoms with Gasteiger partial charge in [0, 0.05) is 18.5 Å². The number of amides is 1. The van der Waals surface area contributed by atoms with E-state index in [0.717, 1.165) is 16.1 Å². The summed E-state index contributed by atoms with van der Waals surface area (Å²) in [5.41, 5.74) is 3.21. The third kappa shape index (κ3) is 3.89. The lowest BCUT2D eigenvalue weighted by molar-refractivity contribution is 0.0948. The molecule has 0 aliphatic heterocycles. The molecule has 1 aromatic carbocycles. The molecular formula is C21H19N3O3S. The Morgan fingerprint density at radius 2 is 1.93 bits per heavy atom. The third-order valence-corrected chi connectivity index (χ3v) is 5.12. The average molecular weight is 393 g/mol. The maximum absolute atomic E-state index is 12.4. The molecule has 0 unspecified atom stereocenters. The van der Waals surface area contributed by atoms with Crippen LogP contribution in [0.3, 0.4) is 0 Å². The number of nitrogens with zero attached hydrogens (tertiary/aromatic N) is 2. The van der Waals surface area contributed by atoms with Crippen molar-refractivity contribution in [3.05, 3.63) is 70.8 Å². The van der Waals surface area contributed by atoms with Crippen LogP contribution in [0.25, 0.3) is 22.2 Å². The van der Waals surface area contributed by atoms with E-state index in [1.165, 1.54) is 16.9 Å². The Kier molecular flexibility index (Phi) is 5.08. The summed E-state index contributed by atoms with van der Waals surface area (Å²) < 4.78 is 11.2. The Hall–Kier alpha value is -3.19. The van der Waals surface area contributed by atoms with E-state index in [1.807, 2.05) is 48.7 Å². The zero-order valence-corrected chi connectivity index (χ0v) is 16.4. The minimum Gasteiger partial charge on any atom is -0.444 e. The molecule has 0 radical (unpaired) electrons. The summed E-state index contributed by atoms with van der Waals surface area (Å²) in [6.07, 6.45) is 2.19. The molecule has 28 heavy (non-hydrogen) atoms. The van der Waals surface area contributed by atoms with Crippen LogP contribution in [0.15, 0.2) is 56.9 Å². The van der Waals surface area contributed by atoms with Gasteiger partial charge >= 0.3 is 0 Å². The first kappa shape index (κ1) is 18.2. The Balaban J connectivity index is 1.35. The molecule has 0 bridgehead atoms. The van der Waals surface area contributed by atoms with Gasteiger partial charge in [0.1, 0.15) is 12.0 Å². The molecule has 142 valence electrons. The molecule has 3 heterocycles. The van der Waals surface area contributed by atoms with Crippen LogP contribution in [0.4, 0.5) is 0 Å². The van der Waals surface area contributed by atoms with Gasteiger partial charge in [-0.1, -0.05) is 23.8 Å². The van der Waals surface area contributed by atoms with Gasteiger partial charge in [0.25, 0.3) is 5.91 Å². The zero-order chi connectivity index (χ0) is 19.5. The molecule has 0 saturated carbocycles. The van der Waals surface area contributed by atoms with Gasteiger partial charge < -0.3 is 14.2 Å². The fourth-order valence-electron chi connectivity index (χ4n) is 2.75. The number of aryl methyl sites for hydroxylation is 2. The van der Waals surface area contributed by atoms with Crippen LogP contribution in [0.5, 0.6) is 0 Å². The topological polar surface area (TPSA) is 81.2 Å². The minimum absolute atomic E-state index is 0.258. The van der Waals surface area contributed by atoms with Crippen molar-refractivity contribution < 1.29 is 13.6 Å². The van der Waals surface area contributed by atoms with Crippen LogP contribution in [0.2, 0.25) is 0 Å². The molecule has 4 aromatic rings. The minimum atomic E-state index is -0.258. The molecule has 4 rings (SSSR count). The first-order valence-corrected chi connectivity index (χ1v) is 9.79. The lowest BCUT2D eigenvalue weighted by Crippen LogP contribution is -2.26. The van der Waals surface area contributed by atoms with Gasteiger partial charge in [-0.3, -0.25) is 4.79 Å². The number of hydrogen-bond acceptors (Lipinski definition) is 6. The van der Waals surface area contributed by atoms with Crippen molar-refractivity contribution in [1.29, 1.82) is 0 Å². The monoisotopic (exact) mass is 393 g/mol. The summed E-state index contributed by atoms with van der Waals surface area (Å²) in [5, 5.41) is 4.81. The Morgan fingerprint density at radius 1 is 1.11 bits per heavy atom. The molecule has 1 N–H and O–H groups in total. The van der Waals surface area contributed by atoms with Gasteiger partial charge in [-0.25, -0.2) is 9.97 Å². The van der Waals surface area contributed by atoms with Crippen LogP contribution in [0, 0.1) is 13.8 Å². The van der Waals surface area contributed by atoms with Crippen molar-refractivity contribution in [2.45, 2.75) is 20.3 Å². The lowest BCUT2D eigenvalue weighted by atomic mass is 10.1. The van der Waals surface area contributed by atoms with Crippen molar-refractivity contribution in [2.24, 2.45) is 0 Å². The quantitative estimate of drug-likeness (QED) is 0.516.